The van der Waals surface area contributed by atoms with Crippen LogP contribution in [0.4, 0.5) is 0 Å². The average molecular weight is 238 g/mol. The summed E-state index contributed by atoms with van der Waals surface area (Å²) in [4.78, 5) is 14.2. The van der Waals surface area contributed by atoms with Crippen molar-refractivity contribution in [2.75, 3.05) is 20.1 Å². The van der Waals surface area contributed by atoms with E-state index in [9.17, 15) is 4.79 Å². The fourth-order valence-electron chi connectivity index (χ4n) is 3.18. The number of hydrogen-bond acceptors (Lipinski definition) is 2. The Hall–Kier alpha value is -0.570. The number of piperidine rings is 1. The number of rotatable bonds is 3. The minimum atomic E-state index is 0.0948. The summed E-state index contributed by atoms with van der Waals surface area (Å²) in [7, 11) is 1.98. The molecule has 0 spiro atoms. The lowest BCUT2D eigenvalue weighted by atomic mass is 9.89. The molecule has 1 amide bonds. The van der Waals surface area contributed by atoms with E-state index in [1.807, 2.05) is 11.9 Å². The molecule has 1 aliphatic heterocycles. The predicted molar refractivity (Wildman–Crippen MR) is 69.9 cm³/mol. The zero-order chi connectivity index (χ0) is 12.1. The molecule has 0 bridgehead atoms. The van der Waals surface area contributed by atoms with Crippen molar-refractivity contribution in [3.8, 4) is 0 Å². The second-order valence-corrected chi connectivity index (χ2v) is 5.73. The molecular weight excluding hydrogens is 212 g/mol. The summed E-state index contributed by atoms with van der Waals surface area (Å²) in [5.74, 6) is 1.07. The van der Waals surface area contributed by atoms with Gasteiger partial charge in [0.2, 0.25) is 5.91 Å². The molecule has 1 saturated heterocycles. The van der Waals surface area contributed by atoms with Crippen LogP contribution >= 0.6 is 0 Å². The minimum absolute atomic E-state index is 0.0948. The largest absolute Gasteiger partial charge is 0.344 e. The van der Waals surface area contributed by atoms with Crippen molar-refractivity contribution in [2.24, 2.45) is 5.92 Å². The van der Waals surface area contributed by atoms with Gasteiger partial charge in [0.05, 0.1) is 6.04 Å². The van der Waals surface area contributed by atoms with Gasteiger partial charge in [0.15, 0.2) is 0 Å². The lowest BCUT2D eigenvalue weighted by molar-refractivity contribution is -0.133. The first-order chi connectivity index (χ1) is 8.27. The highest BCUT2D eigenvalue weighted by atomic mass is 16.2. The van der Waals surface area contributed by atoms with E-state index in [4.69, 9.17) is 0 Å². The second-order valence-electron chi connectivity index (χ2n) is 5.73. The quantitative estimate of drug-likeness (QED) is 0.817. The molecule has 0 unspecified atom stereocenters. The zero-order valence-corrected chi connectivity index (χ0v) is 11.1. The summed E-state index contributed by atoms with van der Waals surface area (Å²) >= 11 is 0. The number of carbonyl (C=O) groups is 1. The minimum Gasteiger partial charge on any atom is -0.344 e. The van der Waals surface area contributed by atoms with Crippen molar-refractivity contribution in [3.63, 3.8) is 0 Å². The molecule has 17 heavy (non-hydrogen) atoms. The van der Waals surface area contributed by atoms with Crippen LogP contribution in [0.3, 0.4) is 0 Å². The van der Waals surface area contributed by atoms with Gasteiger partial charge in [0.25, 0.3) is 0 Å². The highest BCUT2D eigenvalue weighted by molar-refractivity contribution is 5.81. The van der Waals surface area contributed by atoms with E-state index < -0.39 is 0 Å². The van der Waals surface area contributed by atoms with E-state index in [0.29, 0.717) is 5.91 Å². The molecule has 0 radical (unpaired) electrons. The lowest BCUT2D eigenvalue weighted by Gasteiger charge is -2.31. The molecule has 1 aliphatic carbocycles. The first kappa shape index (κ1) is 12.9. The fraction of sp³-hybridized carbons (Fsp3) is 0.929. The third kappa shape index (κ3) is 3.70. The second kappa shape index (κ2) is 6.39. The molecule has 1 heterocycles. The van der Waals surface area contributed by atoms with Gasteiger partial charge in [-0.2, -0.15) is 0 Å². The molecule has 2 fully saturated rings. The number of nitrogens with zero attached hydrogens (tertiary/aromatic N) is 1. The van der Waals surface area contributed by atoms with Crippen molar-refractivity contribution in [1.82, 2.24) is 10.2 Å². The summed E-state index contributed by atoms with van der Waals surface area (Å²) < 4.78 is 0. The van der Waals surface area contributed by atoms with E-state index in [0.717, 1.165) is 25.4 Å². The van der Waals surface area contributed by atoms with Crippen molar-refractivity contribution in [3.05, 3.63) is 0 Å². The molecule has 1 atom stereocenters. The first-order valence-electron chi connectivity index (χ1n) is 7.26. The molecule has 1 N–H and O–H groups in total. The zero-order valence-electron chi connectivity index (χ0n) is 11.1. The van der Waals surface area contributed by atoms with Crippen molar-refractivity contribution in [2.45, 2.75) is 57.4 Å². The Bertz CT molecular complexity index is 243. The fourth-order valence-corrected chi connectivity index (χ4v) is 3.18. The summed E-state index contributed by atoms with van der Waals surface area (Å²) in [5.41, 5.74) is 0. The Kier molecular flexibility index (Phi) is 4.84. The van der Waals surface area contributed by atoms with Crippen LogP contribution in [0, 0.1) is 5.92 Å². The smallest absolute Gasteiger partial charge is 0.239 e. The van der Waals surface area contributed by atoms with E-state index in [1.165, 1.54) is 44.9 Å². The van der Waals surface area contributed by atoms with Crippen LogP contribution in [0.25, 0.3) is 0 Å². The topological polar surface area (TPSA) is 32.3 Å². The number of nitrogens with one attached hydrogen (secondary N) is 1. The van der Waals surface area contributed by atoms with Gasteiger partial charge in [0, 0.05) is 13.6 Å². The Morgan fingerprint density at radius 1 is 1.12 bits per heavy atom. The summed E-state index contributed by atoms with van der Waals surface area (Å²) in [6, 6.07) is 0.0948. The SMILES string of the molecule is CN(CC1CCCCC1)C(=O)[C@H]1CCCCN1. The van der Waals surface area contributed by atoms with Gasteiger partial charge >= 0.3 is 0 Å². The standard InChI is InChI=1S/C14H26N2O/c1-16(11-12-7-3-2-4-8-12)14(17)13-9-5-6-10-15-13/h12-13,15H,2-11H2,1H3/t13-/m1/s1. The molecule has 0 aromatic heterocycles. The summed E-state index contributed by atoms with van der Waals surface area (Å²) in [6.07, 6.45) is 10.2. The van der Waals surface area contributed by atoms with Crippen molar-refractivity contribution >= 4 is 5.91 Å². The number of likely N-dealkylation sites (N-methyl/N-ethyl adjacent to an activating group) is 1. The molecule has 1 saturated carbocycles. The molecule has 3 heteroatoms. The summed E-state index contributed by atoms with van der Waals surface area (Å²) in [6.45, 7) is 1.98. The molecule has 2 rings (SSSR count). The Balaban J connectivity index is 1.77. The maximum absolute atomic E-state index is 12.2. The first-order valence-corrected chi connectivity index (χ1v) is 7.26. The predicted octanol–water partition coefficient (Wildman–Crippen LogP) is 2.17. The van der Waals surface area contributed by atoms with Crippen molar-refractivity contribution in [1.29, 1.82) is 0 Å². The van der Waals surface area contributed by atoms with E-state index in [1.54, 1.807) is 0 Å². The third-order valence-corrected chi connectivity index (χ3v) is 4.24. The van der Waals surface area contributed by atoms with Gasteiger partial charge in [-0.3, -0.25) is 4.79 Å². The van der Waals surface area contributed by atoms with Gasteiger partial charge < -0.3 is 10.2 Å². The molecular formula is C14H26N2O. The van der Waals surface area contributed by atoms with Crippen molar-refractivity contribution < 1.29 is 4.79 Å². The highest BCUT2D eigenvalue weighted by Gasteiger charge is 2.25. The Morgan fingerprint density at radius 2 is 1.82 bits per heavy atom. The molecule has 2 aliphatic rings. The summed E-state index contributed by atoms with van der Waals surface area (Å²) in [5, 5.41) is 3.35. The van der Waals surface area contributed by atoms with Crippen LogP contribution in [0.1, 0.15) is 51.4 Å². The van der Waals surface area contributed by atoms with E-state index in [-0.39, 0.29) is 6.04 Å². The molecule has 98 valence electrons. The third-order valence-electron chi connectivity index (χ3n) is 4.24. The van der Waals surface area contributed by atoms with Crippen LogP contribution in [-0.2, 0) is 4.79 Å². The van der Waals surface area contributed by atoms with Gasteiger partial charge in [-0.1, -0.05) is 25.7 Å². The maximum atomic E-state index is 12.2. The van der Waals surface area contributed by atoms with Crippen LogP contribution in [0.15, 0.2) is 0 Å². The van der Waals surface area contributed by atoms with Gasteiger partial charge in [-0.25, -0.2) is 0 Å². The average Bonchev–Trinajstić information content (AvgIpc) is 2.40. The highest BCUT2D eigenvalue weighted by Crippen LogP contribution is 2.24. The van der Waals surface area contributed by atoms with Crippen LogP contribution in [-0.4, -0.2) is 37.0 Å². The molecule has 3 nitrogen and oxygen atoms in total. The monoisotopic (exact) mass is 238 g/mol. The lowest BCUT2D eigenvalue weighted by Crippen LogP contribution is -2.48. The van der Waals surface area contributed by atoms with E-state index in [2.05, 4.69) is 5.32 Å². The number of carbonyl (C=O) groups excluding carboxylic acids is 1. The van der Waals surface area contributed by atoms with Gasteiger partial charge in [-0.15, -0.1) is 0 Å². The van der Waals surface area contributed by atoms with E-state index >= 15 is 0 Å². The number of hydrogen-bond donors (Lipinski definition) is 1. The Labute approximate surface area is 105 Å². The van der Waals surface area contributed by atoms with Crippen LogP contribution in [0.2, 0.25) is 0 Å². The van der Waals surface area contributed by atoms with Gasteiger partial charge in [0.1, 0.15) is 0 Å². The molecule has 0 aromatic rings. The number of amides is 1. The van der Waals surface area contributed by atoms with Gasteiger partial charge in [-0.05, 0) is 38.1 Å². The normalized spacial score (nSPS) is 26.8. The molecule has 0 aromatic carbocycles. The maximum Gasteiger partial charge on any atom is 0.239 e. The van der Waals surface area contributed by atoms with Crippen LogP contribution in [0.5, 0.6) is 0 Å². The van der Waals surface area contributed by atoms with Crippen LogP contribution < -0.4 is 5.32 Å². The Morgan fingerprint density at radius 3 is 2.47 bits per heavy atom.